The van der Waals surface area contributed by atoms with Crippen LogP contribution in [0.4, 0.5) is 5.69 Å². The Morgan fingerprint density at radius 3 is 2.46 bits per heavy atom. The molecule has 0 N–H and O–H groups in total. The lowest BCUT2D eigenvalue weighted by atomic mass is 10.0. The quantitative estimate of drug-likeness (QED) is 0.358. The van der Waals surface area contributed by atoms with Gasteiger partial charge in [0, 0.05) is 0 Å². The van der Waals surface area contributed by atoms with E-state index in [4.69, 9.17) is 21.1 Å². The minimum absolute atomic E-state index is 0.0473. The molecular formula is C23H36ClNO3. The highest BCUT2D eigenvalue weighted by Gasteiger charge is 2.29. The standard InChI is InChI=1S/C23H36ClNO3/c1-4-7-8-9-13-20-14-15-27-22(28-20)17-25(21(26)16-24)23-18(5-2)11-10-12-19(23)6-3/h10-12,20,22H,4-9,13-17H2,1-3H3. The lowest BCUT2D eigenvalue weighted by Gasteiger charge is -2.35. The minimum atomic E-state index is -0.397. The molecule has 0 aromatic heterocycles. The van der Waals surface area contributed by atoms with E-state index in [1.807, 2.05) is 0 Å². The van der Waals surface area contributed by atoms with Crippen LogP contribution in [0.2, 0.25) is 0 Å². The van der Waals surface area contributed by atoms with E-state index in [0.29, 0.717) is 13.2 Å². The predicted molar refractivity (Wildman–Crippen MR) is 116 cm³/mol. The molecule has 5 heteroatoms. The lowest BCUT2D eigenvalue weighted by molar-refractivity contribution is -0.208. The fourth-order valence-corrected chi connectivity index (χ4v) is 4.00. The van der Waals surface area contributed by atoms with Crippen LogP contribution in [0, 0.1) is 0 Å². The minimum Gasteiger partial charge on any atom is -0.351 e. The predicted octanol–water partition coefficient (Wildman–Crippen LogP) is 5.49. The van der Waals surface area contributed by atoms with Crippen molar-refractivity contribution in [2.45, 2.75) is 84.5 Å². The Labute approximate surface area is 175 Å². The Kier molecular flexibility index (Phi) is 10.3. The summed E-state index contributed by atoms with van der Waals surface area (Å²) in [6, 6.07) is 6.23. The number of carbonyl (C=O) groups is 1. The van der Waals surface area contributed by atoms with Gasteiger partial charge >= 0.3 is 0 Å². The molecule has 0 aliphatic carbocycles. The Morgan fingerprint density at radius 1 is 1.14 bits per heavy atom. The summed E-state index contributed by atoms with van der Waals surface area (Å²) in [6.07, 6.45) is 8.50. The van der Waals surface area contributed by atoms with E-state index in [2.05, 4.69) is 39.0 Å². The molecule has 1 aromatic rings. The number of unbranched alkanes of at least 4 members (excludes halogenated alkanes) is 3. The summed E-state index contributed by atoms with van der Waals surface area (Å²) in [5, 5.41) is 0. The van der Waals surface area contributed by atoms with E-state index in [9.17, 15) is 4.79 Å². The van der Waals surface area contributed by atoms with E-state index < -0.39 is 6.29 Å². The van der Waals surface area contributed by atoms with Gasteiger partial charge in [-0.05, 0) is 36.8 Å². The van der Waals surface area contributed by atoms with Gasteiger partial charge in [0.2, 0.25) is 5.91 Å². The first-order valence-electron chi connectivity index (χ1n) is 10.9. The molecule has 0 saturated carbocycles. The average Bonchev–Trinajstić information content (AvgIpc) is 2.74. The number of para-hydroxylation sites is 1. The molecule has 1 amide bonds. The van der Waals surface area contributed by atoms with Crippen LogP contribution in [0.3, 0.4) is 0 Å². The Morgan fingerprint density at radius 2 is 1.86 bits per heavy atom. The Hall–Kier alpha value is -1.10. The highest BCUT2D eigenvalue weighted by Crippen LogP contribution is 2.29. The molecule has 4 nitrogen and oxygen atoms in total. The van der Waals surface area contributed by atoms with Crippen LogP contribution in [0.25, 0.3) is 0 Å². The van der Waals surface area contributed by atoms with Gasteiger partial charge in [0.05, 0.1) is 24.9 Å². The van der Waals surface area contributed by atoms with Crippen molar-refractivity contribution in [3.05, 3.63) is 29.3 Å². The van der Waals surface area contributed by atoms with Crippen molar-refractivity contribution in [2.24, 2.45) is 0 Å². The zero-order valence-corrected chi connectivity index (χ0v) is 18.5. The molecule has 2 rings (SSSR count). The summed E-state index contributed by atoms with van der Waals surface area (Å²) in [6.45, 7) is 7.52. The van der Waals surface area contributed by atoms with Crippen LogP contribution in [-0.4, -0.2) is 37.3 Å². The van der Waals surface area contributed by atoms with Crippen molar-refractivity contribution in [1.82, 2.24) is 0 Å². The molecule has 1 saturated heterocycles. The molecule has 1 aliphatic rings. The number of rotatable bonds is 11. The highest BCUT2D eigenvalue weighted by atomic mass is 35.5. The number of carbonyl (C=O) groups excluding carboxylic acids is 1. The van der Waals surface area contributed by atoms with Crippen LogP contribution >= 0.6 is 11.6 Å². The first-order chi connectivity index (χ1) is 13.6. The van der Waals surface area contributed by atoms with Crippen molar-refractivity contribution < 1.29 is 14.3 Å². The first kappa shape index (κ1) is 23.2. The van der Waals surface area contributed by atoms with Crippen molar-refractivity contribution >= 4 is 23.2 Å². The van der Waals surface area contributed by atoms with E-state index >= 15 is 0 Å². The van der Waals surface area contributed by atoms with Gasteiger partial charge in [0.1, 0.15) is 5.88 Å². The second kappa shape index (κ2) is 12.5. The van der Waals surface area contributed by atoms with Gasteiger partial charge in [-0.25, -0.2) is 0 Å². The van der Waals surface area contributed by atoms with E-state index in [1.165, 1.54) is 25.7 Å². The van der Waals surface area contributed by atoms with Crippen LogP contribution in [0.15, 0.2) is 18.2 Å². The van der Waals surface area contributed by atoms with E-state index in [-0.39, 0.29) is 17.9 Å². The number of amides is 1. The van der Waals surface area contributed by atoms with Gasteiger partial charge in [-0.1, -0.05) is 64.7 Å². The maximum atomic E-state index is 12.7. The number of benzene rings is 1. The topological polar surface area (TPSA) is 38.8 Å². The van der Waals surface area contributed by atoms with Crippen LogP contribution in [-0.2, 0) is 27.1 Å². The van der Waals surface area contributed by atoms with Crippen LogP contribution in [0.5, 0.6) is 0 Å². The van der Waals surface area contributed by atoms with Crippen molar-refractivity contribution in [1.29, 1.82) is 0 Å². The number of ether oxygens (including phenoxy) is 2. The number of alkyl halides is 1. The number of aryl methyl sites for hydroxylation is 2. The summed E-state index contributed by atoms with van der Waals surface area (Å²) >= 11 is 5.96. The molecule has 0 radical (unpaired) electrons. The van der Waals surface area contributed by atoms with Gasteiger partial charge in [0.25, 0.3) is 0 Å². The molecule has 28 heavy (non-hydrogen) atoms. The largest absolute Gasteiger partial charge is 0.351 e. The molecule has 2 atom stereocenters. The van der Waals surface area contributed by atoms with Crippen molar-refractivity contribution in [3.63, 3.8) is 0 Å². The van der Waals surface area contributed by atoms with E-state index in [1.54, 1.807) is 4.90 Å². The third-order valence-electron chi connectivity index (χ3n) is 5.45. The Bertz CT molecular complexity index is 585. The van der Waals surface area contributed by atoms with Gasteiger partial charge in [-0.2, -0.15) is 0 Å². The number of hydrogen-bond donors (Lipinski definition) is 0. The fourth-order valence-electron chi connectivity index (χ4n) is 3.86. The van der Waals surface area contributed by atoms with Gasteiger partial charge in [-0.3, -0.25) is 4.79 Å². The van der Waals surface area contributed by atoms with Crippen LogP contribution in [0.1, 0.15) is 70.4 Å². The fraction of sp³-hybridized carbons (Fsp3) is 0.696. The monoisotopic (exact) mass is 409 g/mol. The molecule has 0 bridgehead atoms. The van der Waals surface area contributed by atoms with Crippen LogP contribution < -0.4 is 4.90 Å². The van der Waals surface area contributed by atoms with Gasteiger partial charge in [-0.15, -0.1) is 11.6 Å². The normalized spacial score (nSPS) is 19.6. The molecule has 2 unspecified atom stereocenters. The first-order valence-corrected chi connectivity index (χ1v) is 11.4. The van der Waals surface area contributed by atoms with Gasteiger partial charge < -0.3 is 14.4 Å². The third-order valence-corrected chi connectivity index (χ3v) is 5.68. The number of anilines is 1. The average molecular weight is 410 g/mol. The van der Waals surface area contributed by atoms with Gasteiger partial charge in [0.15, 0.2) is 6.29 Å². The van der Waals surface area contributed by atoms with Crippen molar-refractivity contribution in [2.75, 3.05) is 23.9 Å². The molecule has 1 heterocycles. The second-order valence-corrected chi connectivity index (χ2v) is 7.73. The summed E-state index contributed by atoms with van der Waals surface area (Å²) in [7, 11) is 0. The summed E-state index contributed by atoms with van der Waals surface area (Å²) in [5.74, 6) is -0.150. The molecule has 1 fully saturated rings. The van der Waals surface area contributed by atoms with Crippen molar-refractivity contribution in [3.8, 4) is 0 Å². The highest BCUT2D eigenvalue weighted by molar-refractivity contribution is 6.29. The van der Waals surface area contributed by atoms with E-state index in [0.717, 1.165) is 42.5 Å². The smallest absolute Gasteiger partial charge is 0.242 e. The number of nitrogens with zero attached hydrogens (tertiary/aromatic N) is 1. The Balaban J connectivity index is 2.12. The lowest BCUT2D eigenvalue weighted by Crippen LogP contribution is -2.45. The third kappa shape index (κ3) is 6.47. The zero-order valence-electron chi connectivity index (χ0n) is 17.7. The SMILES string of the molecule is CCCCCCC1CCOC(CN(C(=O)CCl)c2c(CC)cccc2CC)O1. The summed E-state index contributed by atoms with van der Waals surface area (Å²) in [4.78, 5) is 14.5. The molecular weight excluding hydrogens is 374 g/mol. The maximum Gasteiger partial charge on any atom is 0.242 e. The zero-order chi connectivity index (χ0) is 20.4. The summed E-state index contributed by atoms with van der Waals surface area (Å²) in [5.41, 5.74) is 3.30. The summed E-state index contributed by atoms with van der Waals surface area (Å²) < 4.78 is 12.1. The number of hydrogen-bond acceptors (Lipinski definition) is 3. The maximum absolute atomic E-state index is 12.7. The molecule has 0 spiro atoms. The molecule has 1 aliphatic heterocycles. The second-order valence-electron chi connectivity index (χ2n) is 7.47. The molecule has 1 aromatic carbocycles. The molecule has 158 valence electrons. The number of halogens is 1.